The SMILES string of the molecule is CCN(C)C(C)C(C)(C)[C@H](c1ccc(C)c(O)c1C)C(C)(C)C. The summed E-state index contributed by atoms with van der Waals surface area (Å²) in [4.78, 5) is 2.42. The van der Waals surface area contributed by atoms with E-state index in [1.807, 2.05) is 6.92 Å². The van der Waals surface area contributed by atoms with Crippen molar-refractivity contribution in [3.63, 3.8) is 0 Å². The van der Waals surface area contributed by atoms with Gasteiger partial charge in [0.05, 0.1) is 0 Å². The van der Waals surface area contributed by atoms with Gasteiger partial charge in [0.15, 0.2) is 0 Å². The maximum Gasteiger partial charge on any atom is 0.121 e. The summed E-state index contributed by atoms with van der Waals surface area (Å²) < 4.78 is 0. The first-order chi connectivity index (χ1) is 10.4. The van der Waals surface area contributed by atoms with Gasteiger partial charge in [-0.2, -0.15) is 0 Å². The Kier molecular flexibility index (Phi) is 5.96. The van der Waals surface area contributed by atoms with Crippen molar-refractivity contribution < 1.29 is 5.11 Å². The number of aryl methyl sites for hydroxylation is 1. The molecule has 132 valence electrons. The maximum atomic E-state index is 10.5. The monoisotopic (exact) mass is 319 g/mol. The van der Waals surface area contributed by atoms with E-state index in [0.717, 1.165) is 17.7 Å². The lowest BCUT2D eigenvalue weighted by molar-refractivity contribution is 0.0570. The van der Waals surface area contributed by atoms with Crippen molar-refractivity contribution in [2.45, 2.75) is 74.3 Å². The zero-order valence-electron chi connectivity index (χ0n) is 16.9. The lowest BCUT2D eigenvalue weighted by atomic mass is 9.59. The van der Waals surface area contributed by atoms with Crippen LogP contribution in [0, 0.1) is 24.7 Å². The van der Waals surface area contributed by atoms with Gasteiger partial charge in [-0.3, -0.25) is 0 Å². The highest BCUT2D eigenvalue weighted by atomic mass is 16.3. The van der Waals surface area contributed by atoms with Crippen LogP contribution in [0.25, 0.3) is 0 Å². The average Bonchev–Trinajstić information content (AvgIpc) is 2.44. The smallest absolute Gasteiger partial charge is 0.121 e. The van der Waals surface area contributed by atoms with E-state index in [4.69, 9.17) is 0 Å². The number of phenols is 1. The summed E-state index contributed by atoms with van der Waals surface area (Å²) in [6, 6.07) is 4.72. The predicted octanol–water partition coefficient (Wildman–Crippen LogP) is 5.51. The molecule has 0 aromatic heterocycles. The van der Waals surface area contributed by atoms with Crippen molar-refractivity contribution in [1.82, 2.24) is 4.90 Å². The minimum absolute atomic E-state index is 0.0788. The van der Waals surface area contributed by atoms with Gasteiger partial charge in [0.1, 0.15) is 5.75 Å². The van der Waals surface area contributed by atoms with E-state index in [1.165, 1.54) is 5.56 Å². The van der Waals surface area contributed by atoms with Crippen LogP contribution >= 0.6 is 0 Å². The first kappa shape index (κ1) is 20.0. The van der Waals surface area contributed by atoms with E-state index >= 15 is 0 Å². The number of phenolic OH excluding ortho intramolecular Hbond substituents is 1. The summed E-state index contributed by atoms with van der Waals surface area (Å²) in [5, 5.41) is 10.5. The molecule has 2 nitrogen and oxygen atoms in total. The minimum Gasteiger partial charge on any atom is -0.507 e. The summed E-state index contributed by atoms with van der Waals surface area (Å²) in [6.45, 7) is 21.3. The molecule has 0 aliphatic heterocycles. The molecule has 1 rings (SSSR count). The Labute approximate surface area is 143 Å². The molecule has 0 saturated carbocycles. The van der Waals surface area contributed by atoms with Crippen LogP contribution in [0.1, 0.15) is 71.1 Å². The topological polar surface area (TPSA) is 23.5 Å². The van der Waals surface area contributed by atoms with Crippen molar-refractivity contribution in [2.75, 3.05) is 13.6 Å². The predicted molar refractivity (Wildman–Crippen MR) is 101 cm³/mol. The molecule has 0 fully saturated rings. The van der Waals surface area contributed by atoms with Gasteiger partial charge in [-0.1, -0.05) is 53.7 Å². The molecule has 2 atom stereocenters. The van der Waals surface area contributed by atoms with Crippen molar-refractivity contribution >= 4 is 0 Å². The number of hydrogen-bond donors (Lipinski definition) is 1. The Morgan fingerprint density at radius 3 is 2.04 bits per heavy atom. The third kappa shape index (κ3) is 3.91. The summed E-state index contributed by atoms with van der Waals surface area (Å²) >= 11 is 0. The lowest BCUT2D eigenvalue weighted by Gasteiger charge is -2.49. The third-order valence-corrected chi connectivity index (χ3v) is 5.83. The van der Waals surface area contributed by atoms with E-state index < -0.39 is 0 Å². The van der Waals surface area contributed by atoms with Crippen LogP contribution in [0.15, 0.2) is 12.1 Å². The Hall–Kier alpha value is -1.02. The number of nitrogens with zero attached hydrogens (tertiary/aromatic N) is 1. The van der Waals surface area contributed by atoms with E-state index in [-0.39, 0.29) is 10.8 Å². The number of benzene rings is 1. The van der Waals surface area contributed by atoms with E-state index in [2.05, 4.69) is 79.5 Å². The molecular weight excluding hydrogens is 282 g/mol. The molecule has 2 heteroatoms. The fraction of sp³-hybridized carbons (Fsp3) is 0.714. The van der Waals surface area contributed by atoms with Crippen LogP contribution in [0.5, 0.6) is 5.75 Å². The number of hydrogen-bond acceptors (Lipinski definition) is 2. The van der Waals surface area contributed by atoms with Crippen molar-refractivity contribution in [2.24, 2.45) is 10.8 Å². The van der Waals surface area contributed by atoms with Gasteiger partial charge < -0.3 is 10.0 Å². The highest BCUT2D eigenvalue weighted by Gasteiger charge is 2.44. The molecule has 0 aliphatic rings. The summed E-state index contributed by atoms with van der Waals surface area (Å²) in [5.41, 5.74) is 3.45. The van der Waals surface area contributed by atoms with Crippen LogP contribution < -0.4 is 0 Å². The highest BCUT2D eigenvalue weighted by Crippen LogP contribution is 2.52. The van der Waals surface area contributed by atoms with Crippen molar-refractivity contribution in [3.05, 3.63) is 28.8 Å². The standard InChI is InChI=1S/C21H37NO/c1-11-22(10)16(4)21(8,9)19(20(5,6)7)17-13-12-14(2)18(23)15(17)3/h12-13,16,19,23H,11H2,1-10H3/t16?,19-/m1/s1. The number of rotatable bonds is 5. The zero-order chi connectivity index (χ0) is 18.2. The van der Waals surface area contributed by atoms with E-state index in [0.29, 0.717) is 17.7 Å². The highest BCUT2D eigenvalue weighted by molar-refractivity contribution is 5.46. The van der Waals surface area contributed by atoms with Crippen LogP contribution in [0.2, 0.25) is 0 Å². The molecule has 0 bridgehead atoms. The molecule has 0 saturated heterocycles. The van der Waals surface area contributed by atoms with Gasteiger partial charge in [0.25, 0.3) is 0 Å². The second kappa shape index (κ2) is 6.84. The van der Waals surface area contributed by atoms with Crippen LogP contribution in [0.3, 0.4) is 0 Å². The molecule has 0 spiro atoms. The minimum atomic E-state index is 0.0788. The van der Waals surface area contributed by atoms with Crippen LogP contribution in [-0.4, -0.2) is 29.6 Å². The van der Waals surface area contributed by atoms with Gasteiger partial charge in [-0.05, 0) is 67.8 Å². The molecule has 0 radical (unpaired) electrons. The number of aromatic hydroxyl groups is 1. The normalized spacial score (nSPS) is 15.8. The quantitative estimate of drug-likeness (QED) is 0.774. The fourth-order valence-corrected chi connectivity index (χ4v) is 4.23. The second-order valence-corrected chi connectivity index (χ2v) is 8.81. The van der Waals surface area contributed by atoms with Gasteiger partial charge in [0, 0.05) is 6.04 Å². The van der Waals surface area contributed by atoms with Crippen molar-refractivity contribution in [3.8, 4) is 5.75 Å². The van der Waals surface area contributed by atoms with Gasteiger partial charge >= 0.3 is 0 Å². The molecule has 1 aromatic rings. The average molecular weight is 320 g/mol. The third-order valence-electron chi connectivity index (χ3n) is 5.83. The molecule has 23 heavy (non-hydrogen) atoms. The molecule has 1 aromatic carbocycles. The fourth-order valence-electron chi connectivity index (χ4n) is 4.23. The van der Waals surface area contributed by atoms with E-state index in [1.54, 1.807) is 0 Å². The van der Waals surface area contributed by atoms with E-state index in [9.17, 15) is 5.11 Å². The molecule has 1 unspecified atom stereocenters. The zero-order valence-corrected chi connectivity index (χ0v) is 16.9. The lowest BCUT2D eigenvalue weighted by Crippen LogP contribution is -2.47. The van der Waals surface area contributed by atoms with Crippen LogP contribution in [0.4, 0.5) is 0 Å². The van der Waals surface area contributed by atoms with Gasteiger partial charge in [-0.25, -0.2) is 0 Å². The molecule has 1 N–H and O–H groups in total. The van der Waals surface area contributed by atoms with Gasteiger partial charge in [0.2, 0.25) is 0 Å². The molecule has 0 amide bonds. The Morgan fingerprint density at radius 2 is 1.61 bits per heavy atom. The molecule has 0 heterocycles. The first-order valence-corrected chi connectivity index (χ1v) is 8.85. The summed E-state index contributed by atoms with van der Waals surface area (Å²) in [6.07, 6.45) is 0. The Balaban J connectivity index is 3.51. The first-order valence-electron chi connectivity index (χ1n) is 8.85. The Bertz CT molecular complexity index is 540. The maximum absolute atomic E-state index is 10.5. The molecular formula is C21H37NO. The van der Waals surface area contributed by atoms with Gasteiger partial charge in [-0.15, -0.1) is 0 Å². The van der Waals surface area contributed by atoms with Crippen molar-refractivity contribution in [1.29, 1.82) is 0 Å². The largest absolute Gasteiger partial charge is 0.507 e. The molecule has 0 aliphatic carbocycles. The Morgan fingerprint density at radius 1 is 1.09 bits per heavy atom. The van der Waals surface area contributed by atoms with Crippen LogP contribution in [-0.2, 0) is 0 Å². The second-order valence-electron chi connectivity index (χ2n) is 8.81. The summed E-state index contributed by atoms with van der Waals surface area (Å²) in [5.74, 6) is 0.801. The summed E-state index contributed by atoms with van der Waals surface area (Å²) in [7, 11) is 2.20.